The van der Waals surface area contributed by atoms with Crippen LogP contribution in [0.2, 0.25) is 0 Å². The molecule has 0 saturated carbocycles. The van der Waals surface area contributed by atoms with E-state index in [9.17, 15) is 13.2 Å². The van der Waals surface area contributed by atoms with Gasteiger partial charge in [0.1, 0.15) is 0 Å². The van der Waals surface area contributed by atoms with Crippen molar-refractivity contribution in [1.82, 2.24) is 10.2 Å². The third-order valence-electron chi connectivity index (χ3n) is 4.67. The molecule has 2 aliphatic heterocycles. The van der Waals surface area contributed by atoms with Crippen LogP contribution in [0.4, 0.5) is 13.2 Å². The maximum atomic E-state index is 12.7. The lowest BCUT2D eigenvalue weighted by atomic mass is 10.0. The number of nitrogens with one attached hydrogen (secondary N) is 1. The molecule has 2 unspecified atom stereocenters. The van der Waals surface area contributed by atoms with Gasteiger partial charge in [0.05, 0.1) is 5.56 Å². The minimum absolute atomic E-state index is 0. The van der Waals surface area contributed by atoms with Crippen molar-refractivity contribution in [3.05, 3.63) is 34.9 Å². The van der Waals surface area contributed by atoms with Crippen LogP contribution in [0, 0.1) is 6.92 Å². The van der Waals surface area contributed by atoms with Crippen molar-refractivity contribution in [2.24, 2.45) is 0 Å². The molecule has 2 bridgehead atoms. The molecule has 1 N–H and O–H groups in total. The summed E-state index contributed by atoms with van der Waals surface area (Å²) >= 11 is 0. The van der Waals surface area contributed by atoms with Gasteiger partial charge < -0.3 is 5.32 Å². The van der Waals surface area contributed by atoms with E-state index in [1.54, 1.807) is 13.0 Å². The van der Waals surface area contributed by atoms with Crippen LogP contribution in [0.5, 0.6) is 0 Å². The highest BCUT2D eigenvalue weighted by atomic mass is 35.5. The number of nitrogens with zero attached hydrogens (tertiary/aromatic N) is 1. The molecule has 2 saturated heterocycles. The highest BCUT2D eigenvalue weighted by molar-refractivity contribution is 5.85. The molecule has 0 spiro atoms. The molecule has 2 fully saturated rings. The monoisotopic (exact) mass is 334 g/mol. The maximum Gasteiger partial charge on any atom is 0.416 e. The Kier molecular flexibility index (Phi) is 5.41. The van der Waals surface area contributed by atoms with Gasteiger partial charge in [0, 0.05) is 31.7 Å². The highest BCUT2D eigenvalue weighted by Gasteiger charge is 2.31. The number of rotatable bonds is 2. The standard InChI is InChI=1S/C16H21F3N2.ClH/c1-11-8-13(16(17,18)19)3-2-12(11)9-21-7-6-14-4-5-15(10-21)20-14;/h2-3,8,14-15,20H,4-7,9-10H2,1H3;1H. The molecule has 0 aliphatic carbocycles. The van der Waals surface area contributed by atoms with Gasteiger partial charge in [-0.15, -0.1) is 12.4 Å². The van der Waals surface area contributed by atoms with Crippen LogP contribution in [0.15, 0.2) is 18.2 Å². The molecule has 2 atom stereocenters. The summed E-state index contributed by atoms with van der Waals surface area (Å²) in [7, 11) is 0. The van der Waals surface area contributed by atoms with E-state index in [1.807, 2.05) is 0 Å². The number of halogens is 4. The first kappa shape index (κ1) is 17.6. The van der Waals surface area contributed by atoms with Gasteiger partial charge >= 0.3 is 6.18 Å². The Morgan fingerprint density at radius 1 is 1.18 bits per heavy atom. The molecule has 0 aromatic heterocycles. The molecular formula is C16H22ClF3N2. The van der Waals surface area contributed by atoms with E-state index in [0.29, 0.717) is 12.1 Å². The summed E-state index contributed by atoms with van der Waals surface area (Å²) in [4.78, 5) is 2.37. The van der Waals surface area contributed by atoms with E-state index in [0.717, 1.165) is 37.2 Å². The van der Waals surface area contributed by atoms with Crippen LogP contribution >= 0.6 is 12.4 Å². The molecule has 1 aromatic rings. The largest absolute Gasteiger partial charge is 0.416 e. The number of benzene rings is 1. The maximum absolute atomic E-state index is 12.7. The number of likely N-dealkylation sites (tertiary alicyclic amines) is 1. The van der Waals surface area contributed by atoms with Gasteiger partial charge in [-0.1, -0.05) is 6.07 Å². The predicted octanol–water partition coefficient (Wildman–Crippen LogP) is 3.76. The zero-order valence-electron chi connectivity index (χ0n) is 12.6. The second-order valence-electron chi connectivity index (χ2n) is 6.30. The van der Waals surface area contributed by atoms with Crippen LogP contribution in [0.3, 0.4) is 0 Å². The number of alkyl halides is 3. The van der Waals surface area contributed by atoms with Crippen LogP contribution < -0.4 is 5.32 Å². The van der Waals surface area contributed by atoms with Crippen LogP contribution in [-0.4, -0.2) is 30.1 Å². The molecule has 6 heteroatoms. The molecule has 1 aromatic carbocycles. The summed E-state index contributed by atoms with van der Waals surface area (Å²) in [5.41, 5.74) is 1.17. The number of hydrogen-bond donors (Lipinski definition) is 1. The first-order valence-electron chi connectivity index (χ1n) is 7.57. The summed E-state index contributed by atoms with van der Waals surface area (Å²) in [6.07, 6.45) is -0.643. The Morgan fingerprint density at radius 3 is 2.59 bits per heavy atom. The summed E-state index contributed by atoms with van der Waals surface area (Å²) in [5, 5.41) is 3.62. The van der Waals surface area contributed by atoms with Gasteiger partial charge in [0.25, 0.3) is 0 Å². The summed E-state index contributed by atoms with van der Waals surface area (Å²) in [5.74, 6) is 0. The van der Waals surface area contributed by atoms with Crippen molar-refractivity contribution in [2.75, 3.05) is 13.1 Å². The molecule has 2 nitrogen and oxygen atoms in total. The van der Waals surface area contributed by atoms with E-state index in [1.165, 1.54) is 25.0 Å². The van der Waals surface area contributed by atoms with E-state index in [-0.39, 0.29) is 12.4 Å². The second kappa shape index (κ2) is 6.77. The lowest BCUT2D eigenvalue weighted by molar-refractivity contribution is -0.137. The zero-order valence-corrected chi connectivity index (χ0v) is 13.4. The summed E-state index contributed by atoms with van der Waals surface area (Å²) < 4.78 is 38.1. The summed E-state index contributed by atoms with van der Waals surface area (Å²) in [6.45, 7) is 4.53. The van der Waals surface area contributed by atoms with Crippen molar-refractivity contribution in [3.8, 4) is 0 Å². The first-order chi connectivity index (χ1) is 9.91. The third-order valence-corrected chi connectivity index (χ3v) is 4.67. The van der Waals surface area contributed by atoms with Gasteiger partial charge in [0.2, 0.25) is 0 Å². The van der Waals surface area contributed by atoms with Gasteiger partial charge in [-0.2, -0.15) is 13.2 Å². The van der Waals surface area contributed by atoms with Crippen molar-refractivity contribution in [2.45, 2.75) is 51.0 Å². The Hall–Kier alpha value is -0.780. The Balaban J connectivity index is 0.00000176. The fourth-order valence-electron chi connectivity index (χ4n) is 3.45. The van der Waals surface area contributed by atoms with Crippen molar-refractivity contribution >= 4 is 12.4 Å². The van der Waals surface area contributed by atoms with Crippen LogP contribution in [0.25, 0.3) is 0 Å². The molecule has 2 aliphatic rings. The van der Waals surface area contributed by atoms with E-state index in [2.05, 4.69) is 10.2 Å². The predicted molar refractivity (Wildman–Crippen MR) is 83.3 cm³/mol. The summed E-state index contributed by atoms with van der Waals surface area (Å²) in [6, 6.07) is 5.28. The van der Waals surface area contributed by atoms with Gasteiger partial charge in [-0.25, -0.2) is 0 Å². The molecule has 124 valence electrons. The fourth-order valence-corrected chi connectivity index (χ4v) is 3.45. The SMILES string of the molecule is Cc1cc(C(F)(F)F)ccc1CN1CCC2CCC(C1)N2.Cl. The quantitative estimate of drug-likeness (QED) is 0.886. The average Bonchev–Trinajstić information content (AvgIpc) is 2.73. The van der Waals surface area contributed by atoms with Crippen LogP contribution in [0.1, 0.15) is 36.0 Å². The highest BCUT2D eigenvalue weighted by Crippen LogP contribution is 2.31. The smallest absolute Gasteiger partial charge is 0.310 e. The number of aryl methyl sites for hydroxylation is 1. The van der Waals surface area contributed by atoms with Crippen molar-refractivity contribution in [3.63, 3.8) is 0 Å². The lowest BCUT2D eigenvalue weighted by Crippen LogP contribution is -2.35. The first-order valence-corrected chi connectivity index (χ1v) is 7.57. The Labute approximate surface area is 135 Å². The molecular weight excluding hydrogens is 313 g/mol. The molecule has 2 heterocycles. The van der Waals surface area contributed by atoms with E-state index in [4.69, 9.17) is 0 Å². The number of hydrogen-bond acceptors (Lipinski definition) is 2. The third kappa shape index (κ3) is 3.94. The van der Waals surface area contributed by atoms with E-state index >= 15 is 0 Å². The second-order valence-corrected chi connectivity index (χ2v) is 6.30. The molecule has 3 rings (SSSR count). The minimum atomic E-state index is -4.25. The lowest BCUT2D eigenvalue weighted by Gasteiger charge is -2.25. The van der Waals surface area contributed by atoms with Crippen LogP contribution in [-0.2, 0) is 12.7 Å². The van der Waals surface area contributed by atoms with Crippen molar-refractivity contribution < 1.29 is 13.2 Å². The fraction of sp³-hybridized carbons (Fsp3) is 0.625. The van der Waals surface area contributed by atoms with Gasteiger partial charge in [-0.3, -0.25) is 4.90 Å². The average molecular weight is 335 g/mol. The molecule has 22 heavy (non-hydrogen) atoms. The molecule has 0 radical (unpaired) electrons. The van der Waals surface area contributed by atoms with Gasteiger partial charge in [-0.05, 0) is 49.4 Å². The topological polar surface area (TPSA) is 15.3 Å². The Bertz CT molecular complexity index is 519. The minimum Gasteiger partial charge on any atom is -0.310 e. The molecule has 0 amide bonds. The zero-order chi connectivity index (χ0) is 15.0. The van der Waals surface area contributed by atoms with Crippen molar-refractivity contribution in [1.29, 1.82) is 0 Å². The Morgan fingerprint density at radius 2 is 1.91 bits per heavy atom. The van der Waals surface area contributed by atoms with E-state index < -0.39 is 11.7 Å². The number of fused-ring (bicyclic) bond motifs is 2. The normalized spacial score (nSPS) is 25.6. The van der Waals surface area contributed by atoms with Gasteiger partial charge in [0.15, 0.2) is 0 Å².